The molecule has 1 fully saturated rings. The van der Waals surface area contributed by atoms with Gasteiger partial charge in [-0.05, 0) is 31.2 Å². The van der Waals surface area contributed by atoms with Crippen LogP contribution in [-0.2, 0) is 35.2 Å². The molecule has 1 aromatic carbocycles. The first-order valence-electron chi connectivity index (χ1n) is 13.6. The highest BCUT2D eigenvalue weighted by molar-refractivity contribution is 5.98. The highest BCUT2D eigenvalue weighted by atomic mass is 16.4. The summed E-state index contributed by atoms with van der Waals surface area (Å²) in [7, 11) is 0. The summed E-state index contributed by atoms with van der Waals surface area (Å²) in [5.74, 6) is -5.76. The van der Waals surface area contributed by atoms with Crippen molar-refractivity contribution in [3.63, 3.8) is 0 Å². The molecular formula is C27H40N8O7. The van der Waals surface area contributed by atoms with Crippen LogP contribution in [0.5, 0.6) is 0 Å². The monoisotopic (exact) mass is 588 g/mol. The molecule has 1 aromatic rings. The number of hydrogen-bond donors (Lipinski definition) is 8. The van der Waals surface area contributed by atoms with Crippen molar-refractivity contribution in [1.29, 1.82) is 0 Å². The average molecular weight is 589 g/mol. The van der Waals surface area contributed by atoms with Crippen LogP contribution in [0.2, 0.25) is 0 Å². The molecule has 15 heteroatoms. The van der Waals surface area contributed by atoms with E-state index in [9.17, 15) is 33.9 Å². The maximum Gasteiger partial charge on any atom is 0.305 e. The molecular weight excluding hydrogens is 548 g/mol. The molecule has 1 aliphatic heterocycles. The van der Waals surface area contributed by atoms with Gasteiger partial charge in [0.05, 0.1) is 6.42 Å². The molecule has 0 aromatic heterocycles. The van der Waals surface area contributed by atoms with Gasteiger partial charge in [0.25, 0.3) is 0 Å². The zero-order chi connectivity index (χ0) is 31.4. The number of carbonyl (C=O) groups excluding carboxylic acids is 5. The smallest absolute Gasteiger partial charge is 0.305 e. The lowest BCUT2D eigenvalue weighted by atomic mass is 10.00. The summed E-state index contributed by atoms with van der Waals surface area (Å²) in [6.07, 6.45) is -0.365. The van der Waals surface area contributed by atoms with Gasteiger partial charge in [0, 0.05) is 13.0 Å². The van der Waals surface area contributed by atoms with Crippen LogP contribution in [0, 0.1) is 5.92 Å². The molecule has 1 saturated heterocycles. The Hall–Kier alpha value is -4.69. The number of carboxylic acid groups (broad SMARTS) is 1. The third-order valence-electron chi connectivity index (χ3n) is 6.50. The lowest BCUT2D eigenvalue weighted by molar-refractivity contribution is -0.141. The summed E-state index contributed by atoms with van der Waals surface area (Å²) in [5.41, 5.74) is 11.4. The van der Waals surface area contributed by atoms with Crippen LogP contribution in [0.1, 0.15) is 45.6 Å². The molecule has 0 radical (unpaired) electrons. The number of carboxylic acids is 1. The number of aliphatic imine (C=N–C) groups is 1. The first-order valence-corrected chi connectivity index (χ1v) is 13.6. The molecule has 0 saturated carbocycles. The second-order valence-electron chi connectivity index (χ2n) is 10.4. The van der Waals surface area contributed by atoms with Gasteiger partial charge in [-0.15, -0.1) is 0 Å². The molecule has 0 spiro atoms. The summed E-state index contributed by atoms with van der Waals surface area (Å²) < 4.78 is 0. The van der Waals surface area contributed by atoms with E-state index < -0.39 is 78.1 Å². The summed E-state index contributed by atoms with van der Waals surface area (Å²) >= 11 is 0. The molecule has 0 bridgehead atoms. The Morgan fingerprint density at radius 3 is 2.00 bits per heavy atom. The van der Waals surface area contributed by atoms with Crippen molar-refractivity contribution in [1.82, 2.24) is 26.6 Å². The topological polar surface area (TPSA) is 247 Å². The highest BCUT2D eigenvalue weighted by Crippen LogP contribution is 2.10. The predicted molar refractivity (Wildman–Crippen MR) is 152 cm³/mol. The van der Waals surface area contributed by atoms with Crippen molar-refractivity contribution in [3.05, 3.63) is 35.9 Å². The minimum atomic E-state index is -1.55. The van der Waals surface area contributed by atoms with Gasteiger partial charge in [-0.3, -0.25) is 33.8 Å². The van der Waals surface area contributed by atoms with Gasteiger partial charge >= 0.3 is 5.97 Å². The fraction of sp³-hybridized carbons (Fsp3) is 0.519. The molecule has 10 N–H and O–H groups in total. The second-order valence-corrected chi connectivity index (χ2v) is 10.4. The maximum atomic E-state index is 13.5. The maximum absolute atomic E-state index is 13.5. The molecule has 1 aliphatic rings. The van der Waals surface area contributed by atoms with Gasteiger partial charge < -0.3 is 43.2 Å². The van der Waals surface area contributed by atoms with Crippen LogP contribution in [0.15, 0.2) is 35.3 Å². The molecule has 1 heterocycles. The largest absolute Gasteiger partial charge is 0.481 e. The van der Waals surface area contributed by atoms with Gasteiger partial charge in [0.2, 0.25) is 29.5 Å². The van der Waals surface area contributed by atoms with Crippen LogP contribution in [-0.4, -0.2) is 83.3 Å². The summed E-state index contributed by atoms with van der Waals surface area (Å²) in [6.45, 7) is 4.92. The Kier molecular flexibility index (Phi) is 12.7. The summed E-state index contributed by atoms with van der Waals surface area (Å²) in [4.78, 5) is 81.5. The van der Waals surface area contributed by atoms with Gasteiger partial charge in [0.15, 0.2) is 5.96 Å². The number of nitrogens with two attached hydrogens (primary N) is 2. The van der Waals surface area contributed by atoms with Crippen LogP contribution in [0.4, 0.5) is 0 Å². The van der Waals surface area contributed by atoms with Crippen LogP contribution < -0.4 is 38.1 Å². The quantitative estimate of drug-likeness (QED) is 0.0890. The Balaban J connectivity index is 2.48. The van der Waals surface area contributed by atoms with E-state index in [1.807, 2.05) is 0 Å². The van der Waals surface area contributed by atoms with E-state index >= 15 is 0 Å². The summed E-state index contributed by atoms with van der Waals surface area (Å²) in [6, 6.07) is 2.55. The average Bonchev–Trinajstić information content (AvgIpc) is 2.91. The van der Waals surface area contributed by atoms with Crippen molar-refractivity contribution < 1.29 is 33.9 Å². The van der Waals surface area contributed by atoms with E-state index in [0.717, 1.165) is 0 Å². The zero-order valence-corrected chi connectivity index (χ0v) is 23.9. The Morgan fingerprint density at radius 2 is 1.40 bits per heavy atom. The number of amides is 5. The van der Waals surface area contributed by atoms with Crippen molar-refractivity contribution in [2.75, 3.05) is 6.54 Å². The van der Waals surface area contributed by atoms with E-state index in [1.54, 1.807) is 44.2 Å². The van der Waals surface area contributed by atoms with Crippen molar-refractivity contribution in [3.8, 4) is 0 Å². The number of rotatable bonds is 9. The lowest BCUT2D eigenvalue weighted by Gasteiger charge is -2.27. The standard InChI is InChI=1S/C27H40N8O7/c1-14(2)21-26(42)32-17(10-7-11-30-27(28)29)23(39)31-15(3)22(38)33-19(13-20(36)37)24(40)34-18(25(41)35-21)12-16-8-5-4-6-9-16/h4-6,8-9,14-15,17-19,21H,7,10-13H2,1-3H3,(H,31,39)(H,32,42)(H,33,38)(H,34,40)(H,35,41)(H,36,37)(H4,28,29,30)/t15-,17-,18+,19+,21-/m0/s1. The van der Waals surface area contributed by atoms with Gasteiger partial charge in [-0.2, -0.15) is 0 Å². The number of nitrogens with one attached hydrogen (secondary N) is 5. The molecule has 0 aliphatic carbocycles. The number of guanidine groups is 1. The summed E-state index contributed by atoms with van der Waals surface area (Å²) in [5, 5.41) is 22.0. The minimum absolute atomic E-state index is 0.0163. The van der Waals surface area contributed by atoms with E-state index in [4.69, 9.17) is 11.5 Å². The second kappa shape index (κ2) is 15.9. The van der Waals surface area contributed by atoms with Crippen molar-refractivity contribution in [2.24, 2.45) is 22.4 Å². The number of hydrogen-bond acceptors (Lipinski definition) is 7. The third-order valence-corrected chi connectivity index (χ3v) is 6.50. The van der Waals surface area contributed by atoms with E-state index in [-0.39, 0.29) is 25.3 Å². The van der Waals surface area contributed by atoms with Gasteiger partial charge in [0.1, 0.15) is 30.2 Å². The van der Waals surface area contributed by atoms with E-state index in [1.165, 1.54) is 6.92 Å². The molecule has 42 heavy (non-hydrogen) atoms. The van der Waals surface area contributed by atoms with Crippen LogP contribution >= 0.6 is 0 Å². The predicted octanol–water partition coefficient (Wildman–Crippen LogP) is -2.13. The van der Waals surface area contributed by atoms with Crippen LogP contribution in [0.25, 0.3) is 0 Å². The zero-order valence-electron chi connectivity index (χ0n) is 23.9. The fourth-order valence-corrected chi connectivity index (χ4v) is 4.21. The molecule has 15 nitrogen and oxygen atoms in total. The van der Waals surface area contributed by atoms with Crippen molar-refractivity contribution in [2.45, 2.75) is 76.7 Å². The lowest BCUT2D eigenvalue weighted by Crippen LogP contribution is -2.59. The van der Waals surface area contributed by atoms with E-state index in [2.05, 4.69) is 31.6 Å². The molecule has 0 unspecified atom stereocenters. The number of aliphatic carboxylic acids is 1. The Labute approximate surface area is 243 Å². The molecule has 2 rings (SSSR count). The number of benzene rings is 1. The Morgan fingerprint density at radius 1 is 0.833 bits per heavy atom. The molecule has 230 valence electrons. The third kappa shape index (κ3) is 10.7. The number of nitrogens with zero attached hydrogens (tertiary/aromatic N) is 1. The minimum Gasteiger partial charge on any atom is -0.481 e. The first-order chi connectivity index (χ1) is 19.8. The fourth-order valence-electron chi connectivity index (χ4n) is 4.21. The van der Waals surface area contributed by atoms with Gasteiger partial charge in [-0.25, -0.2) is 0 Å². The Bertz CT molecular complexity index is 1170. The van der Waals surface area contributed by atoms with Crippen LogP contribution in [0.3, 0.4) is 0 Å². The van der Waals surface area contributed by atoms with Gasteiger partial charge in [-0.1, -0.05) is 44.2 Å². The number of carbonyl (C=O) groups is 6. The first kappa shape index (κ1) is 33.5. The molecule has 5 atom stereocenters. The highest BCUT2D eigenvalue weighted by Gasteiger charge is 2.35. The SMILES string of the molecule is CC(C)[C@@H]1NC(=O)[C@@H](Cc2ccccc2)NC(=O)[C@@H](CC(=O)O)NC(=O)[C@H](C)NC(=O)[C@H](CCCN=C(N)N)NC1=O. The molecule has 5 amide bonds. The van der Waals surface area contributed by atoms with E-state index in [0.29, 0.717) is 12.0 Å². The van der Waals surface area contributed by atoms with Crippen molar-refractivity contribution >= 4 is 41.5 Å². The normalized spacial score (nSPS) is 24.2.